The molecule has 0 aliphatic carbocycles. The Morgan fingerprint density at radius 1 is 1.30 bits per heavy atom. The van der Waals surface area contributed by atoms with E-state index in [9.17, 15) is 0 Å². The minimum Gasteiger partial charge on any atom is -0.364 e. The normalized spacial score (nSPS) is 23.4. The van der Waals surface area contributed by atoms with Crippen LogP contribution < -0.4 is 10.2 Å². The van der Waals surface area contributed by atoms with Gasteiger partial charge in [-0.15, -0.1) is 0 Å². The van der Waals surface area contributed by atoms with E-state index >= 15 is 0 Å². The van der Waals surface area contributed by atoms with Gasteiger partial charge < -0.3 is 10.2 Å². The summed E-state index contributed by atoms with van der Waals surface area (Å²) in [6, 6.07) is 7.47. The zero-order chi connectivity index (χ0) is 14.1. The lowest BCUT2D eigenvalue weighted by Gasteiger charge is -2.36. The average molecular weight is 294 g/mol. The summed E-state index contributed by atoms with van der Waals surface area (Å²) in [6.07, 6.45) is 1.12. The Morgan fingerprint density at radius 3 is 2.75 bits per heavy atom. The minimum atomic E-state index is 0.533. The van der Waals surface area contributed by atoms with Crippen LogP contribution in [0.2, 0.25) is 5.02 Å². The van der Waals surface area contributed by atoms with Crippen molar-refractivity contribution in [1.29, 1.82) is 0 Å². The summed E-state index contributed by atoms with van der Waals surface area (Å²) in [5.74, 6) is 0. The monoisotopic (exact) mass is 293 g/mol. The summed E-state index contributed by atoms with van der Waals surface area (Å²) in [5, 5.41) is 4.28. The van der Waals surface area contributed by atoms with Gasteiger partial charge in [0.25, 0.3) is 0 Å². The second kappa shape index (κ2) is 5.92. The van der Waals surface area contributed by atoms with Gasteiger partial charge in [-0.2, -0.15) is 0 Å². The van der Waals surface area contributed by atoms with Gasteiger partial charge in [0.2, 0.25) is 0 Å². The van der Waals surface area contributed by atoms with Crippen LogP contribution >= 0.6 is 11.6 Å². The van der Waals surface area contributed by atoms with Crippen molar-refractivity contribution in [2.45, 2.75) is 32.4 Å². The molecule has 110 valence electrons. The maximum absolute atomic E-state index is 6.15. The molecule has 0 amide bonds. The van der Waals surface area contributed by atoms with Crippen LogP contribution in [0, 0.1) is 0 Å². The zero-order valence-electron chi connectivity index (χ0n) is 12.4. The maximum atomic E-state index is 6.15. The third kappa shape index (κ3) is 2.80. The zero-order valence-corrected chi connectivity index (χ0v) is 13.2. The van der Waals surface area contributed by atoms with Crippen molar-refractivity contribution in [3.8, 4) is 0 Å². The Kier molecular flexibility index (Phi) is 4.20. The first kappa shape index (κ1) is 14.2. The summed E-state index contributed by atoms with van der Waals surface area (Å²) in [7, 11) is 0. The van der Waals surface area contributed by atoms with Gasteiger partial charge >= 0.3 is 0 Å². The third-order valence-electron chi connectivity index (χ3n) is 4.40. The molecule has 1 aromatic rings. The lowest BCUT2D eigenvalue weighted by Crippen LogP contribution is -2.50. The molecule has 1 atom stereocenters. The van der Waals surface area contributed by atoms with Crippen molar-refractivity contribution in [3.05, 3.63) is 28.8 Å². The average Bonchev–Trinajstić information content (AvgIpc) is 2.76. The van der Waals surface area contributed by atoms with Crippen LogP contribution in [0.25, 0.3) is 0 Å². The number of halogens is 1. The van der Waals surface area contributed by atoms with E-state index in [0.717, 1.165) is 31.1 Å². The Balaban J connectivity index is 1.78. The molecule has 2 aliphatic rings. The van der Waals surface area contributed by atoms with Crippen molar-refractivity contribution in [2.75, 3.05) is 37.6 Å². The summed E-state index contributed by atoms with van der Waals surface area (Å²) < 4.78 is 0. The molecule has 0 radical (unpaired) electrons. The number of hydrogen-bond acceptors (Lipinski definition) is 3. The molecule has 2 heterocycles. The first-order valence-corrected chi connectivity index (χ1v) is 8.03. The van der Waals surface area contributed by atoms with Gasteiger partial charge in [-0.05, 0) is 44.0 Å². The molecular formula is C16H24ClN3. The number of piperazine rings is 1. The number of hydrogen-bond donors (Lipinski definition) is 1. The van der Waals surface area contributed by atoms with Crippen LogP contribution in [0.5, 0.6) is 0 Å². The van der Waals surface area contributed by atoms with Gasteiger partial charge in [-0.25, -0.2) is 0 Å². The highest BCUT2D eigenvalue weighted by atomic mass is 35.5. The highest BCUT2D eigenvalue weighted by Crippen LogP contribution is 2.35. The molecule has 1 fully saturated rings. The Hall–Kier alpha value is -0.770. The summed E-state index contributed by atoms with van der Waals surface area (Å²) in [4.78, 5) is 5.16. The second-order valence-electron chi connectivity index (χ2n) is 6.18. The van der Waals surface area contributed by atoms with Gasteiger partial charge in [-0.1, -0.05) is 11.6 Å². The molecule has 2 aliphatic heterocycles. The molecule has 1 unspecified atom stereocenters. The molecule has 0 bridgehead atoms. The lowest BCUT2D eigenvalue weighted by atomic mass is 10.1. The number of anilines is 1. The topological polar surface area (TPSA) is 18.5 Å². The molecule has 0 spiro atoms. The number of nitrogens with zero attached hydrogens (tertiary/aromatic N) is 2. The number of fused-ring (bicyclic) bond motifs is 1. The van der Waals surface area contributed by atoms with E-state index in [1.807, 2.05) is 6.07 Å². The van der Waals surface area contributed by atoms with E-state index in [2.05, 4.69) is 41.1 Å². The fraction of sp³-hybridized carbons (Fsp3) is 0.625. The first-order valence-electron chi connectivity index (χ1n) is 7.65. The van der Waals surface area contributed by atoms with E-state index in [-0.39, 0.29) is 0 Å². The smallest absolute Gasteiger partial charge is 0.0461 e. The quantitative estimate of drug-likeness (QED) is 0.923. The molecule has 1 N–H and O–H groups in total. The van der Waals surface area contributed by atoms with Crippen molar-refractivity contribution in [1.82, 2.24) is 10.2 Å². The van der Waals surface area contributed by atoms with Crippen molar-refractivity contribution in [3.63, 3.8) is 0 Å². The summed E-state index contributed by atoms with van der Waals surface area (Å²) >= 11 is 6.15. The molecule has 3 rings (SSSR count). The second-order valence-corrected chi connectivity index (χ2v) is 6.62. The van der Waals surface area contributed by atoms with Crippen LogP contribution in [0.4, 0.5) is 5.69 Å². The Labute approximate surface area is 126 Å². The highest BCUT2D eigenvalue weighted by molar-refractivity contribution is 6.30. The van der Waals surface area contributed by atoms with Gasteiger partial charge in [0.15, 0.2) is 0 Å². The lowest BCUT2D eigenvalue weighted by molar-refractivity contribution is 0.224. The SMILES string of the molecule is CC(C)N1c2ccc(Cl)cc2CC1CN1CCNCC1. The standard InChI is InChI=1S/C16H24ClN3/c1-12(2)20-15(11-19-7-5-18-6-8-19)10-13-9-14(17)3-4-16(13)20/h3-4,9,12,15,18H,5-8,10-11H2,1-2H3. The maximum Gasteiger partial charge on any atom is 0.0461 e. The fourth-order valence-electron chi connectivity index (χ4n) is 3.56. The van der Waals surface area contributed by atoms with Crippen LogP contribution in [0.1, 0.15) is 19.4 Å². The van der Waals surface area contributed by atoms with E-state index in [1.54, 1.807) is 0 Å². The molecule has 0 saturated carbocycles. The van der Waals surface area contributed by atoms with E-state index in [1.165, 1.54) is 24.3 Å². The predicted octanol–water partition coefficient (Wildman–Crippen LogP) is 2.38. The van der Waals surface area contributed by atoms with E-state index in [0.29, 0.717) is 12.1 Å². The fourth-order valence-corrected chi connectivity index (χ4v) is 3.76. The molecule has 1 saturated heterocycles. The first-order chi connectivity index (χ1) is 9.65. The largest absolute Gasteiger partial charge is 0.364 e. The van der Waals surface area contributed by atoms with Crippen LogP contribution in [0.15, 0.2) is 18.2 Å². The molecular weight excluding hydrogens is 270 g/mol. The predicted molar refractivity (Wildman–Crippen MR) is 85.9 cm³/mol. The Bertz CT molecular complexity index is 469. The van der Waals surface area contributed by atoms with E-state index < -0.39 is 0 Å². The van der Waals surface area contributed by atoms with Gasteiger partial charge in [0.1, 0.15) is 0 Å². The number of nitrogens with one attached hydrogen (secondary N) is 1. The molecule has 1 aromatic carbocycles. The van der Waals surface area contributed by atoms with Crippen molar-refractivity contribution < 1.29 is 0 Å². The van der Waals surface area contributed by atoms with Crippen molar-refractivity contribution in [2.24, 2.45) is 0 Å². The molecule has 4 heteroatoms. The van der Waals surface area contributed by atoms with Crippen LogP contribution in [-0.2, 0) is 6.42 Å². The van der Waals surface area contributed by atoms with E-state index in [4.69, 9.17) is 11.6 Å². The number of rotatable bonds is 3. The van der Waals surface area contributed by atoms with Gasteiger partial charge in [-0.3, -0.25) is 4.90 Å². The summed E-state index contributed by atoms with van der Waals surface area (Å²) in [6.45, 7) is 10.3. The third-order valence-corrected chi connectivity index (χ3v) is 4.64. The Morgan fingerprint density at radius 2 is 2.05 bits per heavy atom. The molecule has 3 nitrogen and oxygen atoms in total. The molecule has 20 heavy (non-hydrogen) atoms. The van der Waals surface area contributed by atoms with Gasteiger partial charge in [0, 0.05) is 55.5 Å². The number of benzene rings is 1. The molecule has 0 aromatic heterocycles. The highest BCUT2D eigenvalue weighted by Gasteiger charge is 2.32. The van der Waals surface area contributed by atoms with Crippen LogP contribution in [0.3, 0.4) is 0 Å². The van der Waals surface area contributed by atoms with Crippen LogP contribution in [-0.4, -0.2) is 49.7 Å². The van der Waals surface area contributed by atoms with Gasteiger partial charge in [0.05, 0.1) is 0 Å². The van der Waals surface area contributed by atoms with Crippen molar-refractivity contribution >= 4 is 17.3 Å². The summed E-state index contributed by atoms with van der Waals surface area (Å²) in [5.41, 5.74) is 2.79. The minimum absolute atomic E-state index is 0.533.